The molecule has 0 bridgehead atoms. The van der Waals surface area contributed by atoms with Gasteiger partial charge in [0.1, 0.15) is 5.82 Å². The molecule has 13 heavy (non-hydrogen) atoms. The van der Waals surface area contributed by atoms with Crippen LogP contribution in [0.2, 0.25) is 5.02 Å². The third-order valence-corrected chi connectivity index (χ3v) is 1.94. The molecule has 0 saturated heterocycles. The number of hydrogen-bond acceptors (Lipinski definition) is 1. The van der Waals surface area contributed by atoms with Crippen molar-refractivity contribution in [2.75, 3.05) is 0 Å². The van der Waals surface area contributed by atoms with E-state index in [1.54, 1.807) is 6.92 Å². The standard InChI is InChI=1S/C10H7ClFN/c1-7-5-9(11)8(3-2-4-13)6-10(7)12/h2-3,5-6H,1H3. The van der Waals surface area contributed by atoms with Gasteiger partial charge in [0, 0.05) is 11.1 Å². The van der Waals surface area contributed by atoms with Crippen molar-refractivity contribution in [3.05, 3.63) is 40.2 Å². The van der Waals surface area contributed by atoms with E-state index in [1.165, 1.54) is 24.3 Å². The summed E-state index contributed by atoms with van der Waals surface area (Å²) in [6.07, 6.45) is 2.74. The van der Waals surface area contributed by atoms with E-state index in [0.717, 1.165) is 0 Å². The minimum Gasteiger partial charge on any atom is -0.207 e. The van der Waals surface area contributed by atoms with Gasteiger partial charge in [0.25, 0.3) is 0 Å². The molecule has 0 atom stereocenters. The Kier molecular flexibility index (Phi) is 3.05. The van der Waals surface area contributed by atoms with Crippen LogP contribution < -0.4 is 0 Å². The summed E-state index contributed by atoms with van der Waals surface area (Å²) in [7, 11) is 0. The highest BCUT2D eigenvalue weighted by atomic mass is 35.5. The summed E-state index contributed by atoms with van der Waals surface area (Å²) in [5.74, 6) is -0.318. The van der Waals surface area contributed by atoms with Crippen molar-refractivity contribution in [1.82, 2.24) is 0 Å². The lowest BCUT2D eigenvalue weighted by atomic mass is 10.1. The van der Waals surface area contributed by atoms with E-state index in [9.17, 15) is 4.39 Å². The zero-order valence-electron chi connectivity index (χ0n) is 7.01. The van der Waals surface area contributed by atoms with Gasteiger partial charge in [-0.1, -0.05) is 11.6 Å². The topological polar surface area (TPSA) is 23.8 Å². The van der Waals surface area contributed by atoms with Gasteiger partial charge in [-0.25, -0.2) is 4.39 Å². The zero-order valence-corrected chi connectivity index (χ0v) is 7.77. The molecule has 1 aromatic rings. The number of allylic oxidation sites excluding steroid dienone is 1. The average molecular weight is 196 g/mol. The number of aryl methyl sites for hydroxylation is 1. The van der Waals surface area contributed by atoms with E-state index in [4.69, 9.17) is 16.9 Å². The Morgan fingerprint density at radius 3 is 2.85 bits per heavy atom. The molecule has 0 amide bonds. The summed E-state index contributed by atoms with van der Waals surface area (Å²) in [6, 6.07) is 4.66. The molecule has 0 aliphatic carbocycles. The van der Waals surface area contributed by atoms with Crippen molar-refractivity contribution in [2.45, 2.75) is 6.92 Å². The van der Waals surface area contributed by atoms with Gasteiger partial charge in [0.05, 0.1) is 6.07 Å². The number of nitrogens with zero attached hydrogens (tertiary/aromatic N) is 1. The van der Waals surface area contributed by atoms with Crippen LogP contribution in [-0.2, 0) is 0 Å². The number of halogens is 2. The van der Waals surface area contributed by atoms with E-state index in [1.807, 2.05) is 6.07 Å². The first-order valence-corrected chi connectivity index (χ1v) is 4.04. The van der Waals surface area contributed by atoms with Gasteiger partial charge >= 0.3 is 0 Å². The van der Waals surface area contributed by atoms with Crippen LogP contribution in [0.1, 0.15) is 11.1 Å². The largest absolute Gasteiger partial charge is 0.207 e. The number of nitriles is 1. The van der Waals surface area contributed by atoms with Gasteiger partial charge < -0.3 is 0 Å². The average Bonchev–Trinajstić information content (AvgIpc) is 2.09. The predicted octanol–water partition coefficient (Wildman–Crippen LogP) is 3.32. The second kappa shape index (κ2) is 4.06. The fourth-order valence-electron chi connectivity index (χ4n) is 0.916. The molecule has 0 unspecified atom stereocenters. The molecule has 0 fully saturated rings. The maximum Gasteiger partial charge on any atom is 0.126 e. The van der Waals surface area contributed by atoms with Gasteiger partial charge in [-0.2, -0.15) is 5.26 Å². The Morgan fingerprint density at radius 1 is 1.54 bits per heavy atom. The summed E-state index contributed by atoms with van der Waals surface area (Å²) in [5, 5.41) is 8.72. The van der Waals surface area contributed by atoms with Crippen LogP contribution in [-0.4, -0.2) is 0 Å². The first-order valence-electron chi connectivity index (χ1n) is 3.67. The minimum atomic E-state index is -0.318. The molecule has 0 radical (unpaired) electrons. The highest BCUT2D eigenvalue weighted by Crippen LogP contribution is 2.21. The highest BCUT2D eigenvalue weighted by Gasteiger charge is 2.02. The van der Waals surface area contributed by atoms with E-state index in [0.29, 0.717) is 16.1 Å². The highest BCUT2D eigenvalue weighted by molar-refractivity contribution is 6.32. The van der Waals surface area contributed by atoms with Gasteiger partial charge in [0.15, 0.2) is 0 Å². The molecular formula is C10H7ClFN. The number of benzene rings is 1. The molecule has 0 aliphatic heterocycles. The van der Waals surface area contributed by atoms with Crippen LogP contribution in [0.15, 0.2) is 18.2 Å². The van der Waals surface area contributed by atoms with E-state index < -0.39 is 0 Å². The van der Waals surface area contributed by atoms with Gasteiger partial charge in [0.2, 0.25) is 0 Å². The Morgan fingerprint density at radius 2 is 2.23 bits per heavy atom. The fourth-order valence-corrected chi connectivity index (χ4v) is 1.20. The third kappa shape index (κ3) is 2.30. The molecule has 0 N–H and O–H groups in total. The third-order valence-electron chi connectivity index (χ3n) is 1.62. The first kappa shape index (κ1) is 9.76. The maximum absolute atomic E-state index is 13.0. The summed E-state index contributed by atoms with van der Waals surface area (Å²) in [5.41, 5.74) is 1.02. The van der Waals surface area contributed by atoms with Crippen LogP contribution in [0, 0.1) is 24.1 Å². The van der Waals surface area contributed by atoms with Crippen molar-refractivity contribution < 1.29 is 4.39 Å². The van der Waals surface area contributed by atoms with Crippen molar-refractivity contribution in [3.63, 3.8) is 0 Å². The summed E-state index contributed by atoms with van der Waals surface area (Å²) in [4.78, 5) is 0. The van der Waals surface area contributed by atoms with Gasteiger partial charge in [-0.15, -0.1) is 0 Å². The van der Waals surface area contributed by atoms with E-state index in [-0.39, 0.29) is 5.82 Å². The molecule has 1 aromatic carbocycles. The first-order chi connectivity index (χ1) is 6.15. The molecule has 0 spiro atoms. The second-order valence-electron chi connectivity index (χ2n) is 2.59. The van der Waals surface area contributed by atoms with Crippen LogP contribution in [0.3, 0.4) is 0 Å². The molecule has 0 aliphatic rings. The van der Waals surface area contributed by atoms with E-state index in [2.05, 4.69) is 0 Å². The monoisotopic (exact) mass is 195 g/mol. The summed E-state index contributed by atoms with van der Waals surface area (Å²) in [6.45, 7) is 1.64. The Labute approximate surface area is 81.1 Å². The zero-order chi connectivity index (χ0) is 9.84. The van der Waals surface area contributed by atoms with Crippen LogP contribution in [0.5, 0.6) is 0 Å². The predicted molar refractivity (Wildman–Crippen MR) is 50.8 cm³/mol. The van der Waals surface area contributed by atoms with Gasteiger partial charge in [-0.3, -0.25) is 0 Å². The molecular weight excluding hydrogens is 189 g/mol. The van der Waals surface area contributed by atoms with Crippen LogP contribution in [0.25, 0.3) is 6.08 Å². The molecule has 3 heteroatoms. The Bertz CT molecular complexity index is 391. The quantitative estimate of drug-likeness (QED) is 0.631. The van der Waals surface area contributed by atoms with Crippen molar-refractivity contribution in [2.24, 2.45) is 0 Å². The van der Waals surface area contributed by atoms with Crippen LogP contribution >= 0.6 is 11.6 Å². The normalized spacial score (nSPS) is 10.3. The van der Waals surface area contributed by atoms with Crippen molar-refractivity contribution in [3.8, 4) is 6.07 Å². The minimum absolute atomic E-state index is 0.318. The van der Waals surface area contributed by atoms with Crippen molar-refractivity contribution >= 4 is 17.7 Å². The van der Waals surface area contributed by atoms with Crippen molar-refractivity contribution in [1.29, 1.82) is 5.26 Å². The molecule has 1 nitrogen and oxygen atoms in total. The molecule has 0 saturated carbocycles. The molecule has 1 rings (SSSR count). The Hall–Kier alpha value is -1.33. The second-order valence-corrected chi connectivity index (χ2v) is 2.99. The maximum atomic E-state index is 13.0. The summed E-state index contributed by atoms with van der Waals surface area (Å²) < 4.78 is 13.0. The Balaban J connectivity index is 3.17. The fraction of sp³-hybridized carbons (Fsp3) is 0.100. The number of rotatable bonds is 1. The van der Waals surface area contributed by atoms with Gasteiger partial charge in [-0.05, 0) is 36.3 Å². The molecule has 0 aromatic heterocycles. The summed E-state index contributed by atoms with van der Waals surface area (Å²) >= 11 is 5.81. The smallest absolute Gasteiger partial charge is 0.126 e. The lowest BCUT2D eigenvalue weighted by Crippen LogP contribution is -1.84. The SMILES string of the molecule is Cc1cc(Cl)c(C=CC#N)cc1F. The van der Waals surface area contributed by atoms with E-state index >= 15 is 0 Å². The number of hydrogen-bond donors (Lipinski definition) is 0. The lowest BCUT2D eigenvalue weighted by molar-refractivity contribution is 0.618. The van der Waals surface area contributed by atoms with Crippen LogP contribution in [0.4, 0.5) is 4.39 Å². The molecule has 0 heterocycles. The lowest BCUT2D eigenvalue weighted by Gasteiger charge is -2.00. The molecule has 66 valence electrons.